The predicted molar refractivity (Wildman–Crippen MR) is 116 cm³/mol. The molecular weight excluding hydrogens is 370 g/mol. The molecule has 0 aliphatic carbocycles. The highest BCUT2D eigenvalue weighted by Gasteiger charge is 2.17. The zero-order valence-corrected chi connectivity index (χ0v) is 16.7. The third kappa shape index (κ3) is 4.61. The Morgan fingerprint density at radius 2 is 1.64 bits per heavy atom. The largest absolute Gasteiger partial charge is 0.354 e. The number of likely N-dealkylation sites (N-methyl/N-ethyl adjacent to an activating group) is 1. The van der Waals surface area contributed by atoms with Gasteiger partial charge in [0.15, 0.2) is 0 Å². The quantitative estimate of drug-likeness (QED) is 0.705. The molecule has 0 radical (unpaired) electrons. The Kier molecular flexibility index (Phi) is 5.74. The lowest BCUT2D eigenvalue weighted by Gasteiger charge is -2.33. The van der Waals surface area contributed by atoms with Crippen molar-refractivity contribution in [1.29, 1.82) is 0 Å². The summed E-state index contributed by atoms with van der Waals surface area (Å²) in [5.41, 5.74) is 3.16. The lowest BCUT2D eigenvalue weighted by Crippen LogP contribution is -2.44. The molecule has 0 saturated carbocycles. The van der Waals surface area contributed by atoms with Gasteiger partial charge in [0.05, 0.1) is 5.69 Å². The van der Waals surface area contributed by atoms with Crippen molar-refractivity contribution in [3.63, 3.8) is 0 Å². The molecule has 6 heteroatoms. The van der Waals surface area contributed by atoms with Gasteiger partial charge in [-0.25, -0.2) is 4.98 Å². The lowest BCUT2D eigenvalue weighted by atomic mass is 10.1. The van der Waals surface area contributed by atoms with Gasteiger partial charge in [0.25, 0.3) is 0 Å². The number of piperazine rings is 1. The van der Waals surface area contributed by atoms with Crippen LogP contribution < -0.4 is 10.2 Å². The molecule has 2 heterocycles. The van der Waals surface area contributed by atoms with E-state index in [2.05, 4.69) is 40.4 Å². The summed E-state index contributed by atoms with van der Waals surface area (Å²) in [5, 5.41) is 4.12. The molecule has 1 aromatic heterocycles. The van der Waals surface area contributed by atoms with Crippen LogP contribution in [0.3, 0.4) is 0 Å². The average Bonchev–Trinajstić information content (AvgIpc) is 2.74. The van der Waals surface area contributed by atoms with E-state index < -0.39 is 0 Å². The first-order valence-electron chi connectivity index (χ1n) is 9.54. The molecule has 4 rings (SSSR count). The highest BCUT2D eigenvalue weighted by Crippen LogP contribution is 2.24. The van der Waals surface area contributed by atoms with E-state index in [1.165, 1.54) is 0 Å². The minimum Gasteiger partial charge on any atom is -0.354 e. The van der Waals surface area contributed by atoms with Crippen LogP contribution in [0.1, 0.15) is 5.56 Å². The minimum absolute atomic E-state index is 0.644. The molecule has 2 aromatic carbocycles. The van der Waals surface area contributed by atoms with Crippen molar-refractivity contribution >= 4 is 23.4 Å². The molecular formula is C22H24ClN5. The van der Waals surface area contributed by atoms with E-state index in [1.54, 1.807) is 0 Å². The molecule has 0 atom stereocenters. The van der Waals surface area contributed by atoms with Crippen LogP contribution in [-0.2, 0) is 6.54 Å². The smallest absolute Gasteiger partial charge is 0.225 e. The maximum absolute atomic E-state index is 5.98. The van der Waals surface area contributed by atoms with Crippen LogP contribution in [0.15, 0.2) is 60.7 Å². The summed E-state index contributed by atoms with van der Waals surface area (Å²) in [6, 6.07) is 20.2. The molecule has 1 saturated heterocycles. The molecule has 0 bridgehead atoms. The van der Waals surface area contributed by atoms with Crippen LogP contribution in [0.2, 0.25) is 5.02 Å². The van der Waals surface area contributed by atoms with Crippen LogP contribution in [-0.4, -0.2) is 48.1 Å². The fraction of sp³-hybridized carbons (Fsp3) is 0.273. The molecule has 1 aliphatic rings. The predicted octanol–water partition coefficient (Wildman–Crippen LogP) is 4.16. The van der Waals surface area contributed by atoms with Gasteiger partial charge < -0.3 is 15.1 Å². The summed E-state index contributed by atoms with van der Waals surface area (Å²) < 4.78 is 0. The Morgan fingerprint density at radius 1 is 0.929 bits per heavy atom. The van der Waals surface area contributed by atoms with Crippen molar-refractivity contribution in [2.75, 3.05) is 43.4 Å². The van der Waals surface area contributed by atoms with Crippen LogP contribution in [0, 0.1) is 0 Å². The molecule has 1 N–H and O–H groups in total. The number of rotatable bonds is 5. The summed E-state index contributed by atoms with van der Waals surface area (Å²) in [6.45, 7) is 4.67. The summed E-state index contributed by atoms with van der Waals surface area (Å²) >= 11 is 5.98. The number of hydrogen-bond acceptors (Lipinski definition) is 5. The Labute approximate surface area is 171 Å². The monoisotopic (exact) mass is 393 g/mol. The maximum atomic E-state index is 5.98. The van der Waals surface area contributed by atoms with E-state index >= 15 is 0 Å². The van der Waals surface area contributed by atoms with E-state index in [0.29, 0.717) is 12.5 Å². The van der Waals surface area contributed by atoms with Crippen LogP contribution in [0.5, 0.6) is 0 Å². The Hall–Kier alpha value is -2.63. The first kappa shape index (κ1) is 18.7. The van der Waals surface area contributed by atoms with Crippen LogP contribution in [0.25, 0.3) is 11.3 Å². The second kappa shape index (κ2) is 8.59. The SMILES string of the molecule is CN1CCN(c2cc(-c3ccccc3)nc(NCc3ccc(Cl)cc3)n2)CC1. The van der Waals surface area contributed by atoms with E-state index in [1.807, 2.05) is 42.5 Å². The van der Waals surface area contributed by atoms with E-state index in [-0.39, 0.29) is 0 Å². The Bertz CT molecular complexity index is 906. The molecule has 28 heavy (non-hydrogen) atoms. The van der Waals surface area contributed by atoms with Crippen molar-refractivity contribution in [3.8, 4) is 11.3 Å². The number of halogens is 1. The molecule has 0 unspecified atom stereocenters. The highest BCUT2D eigenvalue weighted by atomic mass is 35.5. The first-order valence-corrected chi connectivity index (χ1v) is 9.91. The molecule has 0 spiro atoms. The van der Waals surface area contributed by atoms with E-state index in [4.69, 9.17) is 21.6 Å². The molecule has 5 nitrogen and oxygen atoms in total. The molecule has 0 amide bonds. The number of nitrogens with zero attached hydrogens (tertiary/aromatic N) is 4. The molecule has 3 aromatic rings. The summed E-state index contributed by atoms with van der Waals surface area (Å²) in [7, 11) is 2.16. The first-order chi connectivity index (χ1) is 13.7. The number of hydrogen-bond donors (Lipinski definition) is 1. The van der Waals surface area contributed by atoms with Gasteiger partial charge in [0.1, 0.15) is 5.82 Å². The fourth-order valence-electron chi connectivity index (χ4n) is 3.25. The van der Waals surface area contributed by atoms with Gasteiger partial charge in [-0.2, -0.15) is 4.98 Å². The van der Waals surface area contributed by atoms with Gasteiger partial charge in [0, 0.05) is 49.4 Å². The van der Waals surface area contributed by atoms with Crippen molar-refractivity contribution in [2.45, 2.75) is 6.54 Å². The van der Waals surface area contributed by atoms with Crippen LogP contribution in [0.4, 0.5) is 11.8 Å². The van der Waals surface area contributed by atoms with Crippen molar-refractivity contribution in [1.82, 2.24) is 14.9 Å². The third-order valence-electron chi connectivity index (χ3n) is 4.97. The second-order valence-electron chi connectivity index (χ2n) is 7.07. The van der Waals surface area contributed by atoms with Crippen LogP contribution >= 0.6 is 11.6 Å². The number of aromatic nitrogens is 2. The van der Waals surface area contributed by atoms with Crippen molar-refractivity contribution < 1.29 is 0 Å². The number of anilines is 2. The van der Waals surface area contributed by atoms with Gasteiger partial charge in [-0.05, 0) is 24.7 Å². The molecule has 1 fully saturated rings. The van der Waals surface area contributed by atoms with E-state index in [9.17, 15) is 0 Å². The zero-order valence-electron chi connectivity index (χ0n) is 16.0. The third-order valence-corrected chi connectivity index (χ3v) is 5.23. The minimum atomic E-state index is 0.644. The Balaban J connectivity index is 1.60. The maximum Gasteiger partial charge on any atom is 0.225 e. The molecule has 144 valence electrons. The van der Waals surface area contributed by atoms with Gasteiger partial charge in [0.2, 0.25) is 5.95 Å². The van der Waals surface area contributed by atoms with Gasteiger partial charge in [-0.1, -0.05) is 54.1 Å². The lowest BCUT2D eigenvalue weighted by molar-refractivity contribution is 0.312. The average molecular weight is 394 g/mol. The summed E-state index contributed by atoms with van der Waals surface area (Å²) in [5.74, 6) is 1.62. The van der Waals surface area contributed by atoms with Gasteiger partial charge in [-0.3, -0.25) is 0 Å². The fourth-order valence-corrected chi connectivity index (χ4v) is 3.38. The van der Waals surface area contributed by atoms with Crippen molar-refractivity contribution in [3.05, 3.63) is 71.2 Å². The Morgan fingerprint density at radius 3 is 2.36 bits per heavy atom. The van der Waals surface area contributed by atoms with Gasteiger partial charge in [-0.15, -0.1) is 0 Å². The standard InChI is InChI=1S/C22H24ClN5/c1-27-11-13-28(14-12-27)21-15-20(18-5-3-2-4-6-18)25-22(26-21)24-16-17-7-9-19(23)10-8-17/h2-10,15H,11-14,16H2,1H3,(H,24,25,26). The summed E-state index contributed by atoms with van der Waals surface area (Å²) in [4.78, 5) is 14.2. The molecule has 1 aliphatic heterocycles. The number of nitrogens with one attached hydrogen (secondary N) is 1. The van der Waals surface area contributed by atoms with Crippen molar-refractivity contribution in [2.24, 2.45) is 0 Å². The highest BCUT2D eigenvalue weighted by molar-refractivity contribution is 6.30. The zero-order chi connectivity index (χ0) is 19.3. The topological polar surface area (TPSA) is 44.3 Å². The summed E-state index contributed by atoms with van der Waals surface area (Å²) in [6.07, 6.45) is 0. The normalized spacial score (nSPS) is 14.9. The second-order valence-corrected chi connectivity index (χ2v) is 7.51. The van der Waals surface area contributed by atoms with Gasteiger partial charge >= 0.3 is 0 Å². The van der Waals surface area contributed by atoms with E-state index in [0.717, 1.165) is 53.8 Å². The number of benzene rings is 2.